The van der Waals surface area contributed by atoms with Crippen molar-refractivity contribution in [1.29, 1.82) is 0 Å². The van der Waals surface area contributed by atoms with Crippen LogP contribution in [-0.2, 0) is 0 Å². The quantitative estimate of drug-likeness (QED) is 0.939. The maximum Gasteiger partial charge on any atom is 0.321 e. The summed E-state index contributed by atoms with van der Waals surface area (Å²) in [5, 5.41) is 7.01. The van der Waals surface area contributed by atoms with Gasteiger partial charge in [-0.05, 0) is 32.4 Å². The minimum atomic E-state index is 0.271. The lowest BCUT2D eigenvalue weighted by Crippen LogP contribution is -2.09. The van der Waals surface area contributed by atoms with Crippen molar-refractivity contribution in [2.45, 2.75) is 26.8 Å². The molecule has 2 aromatic rings. The van der Waals surface area contributed by atoms with E-state index in [-0.39, 0.29) is 6.04 Å². The van der Waals surface area contributed by atoms with Gasteiger partial charge in [0.15, 0.2) is 0 Å². The van der Waals surface area contributed by atoms with Crippen LogP contribution in [0.5, 0.6) is 0 Å². The van der Waals surface area contributed by atoms with Crippen molar-refractivity contribution in [1.82, 2.24) is 10.1 Å². The topological polar surface area (TPSA) is 51.0 Å². The third kappa shape index (κ3) is 2.85. The fraction of sp³-hybridized carbons (Fsp3) is 0.333. The van der Waals surface area contributed by atoms with E-state index in [9.17, 15) is 0 Å². The molecule has 2 rings (SSSR count). The van der Waals surface area contributed by atoms with Gasteiger partial charge in [0, 0.05) is 16.1 Å². The predicted molar refractivity (Wildman–Crippen MR) is 70.9 cm³/mol. The summed E-state index contributed by atoms with van der Waals surface area (Å²) in [6, 6.07) is 6.70. The van der Waals surface area contributed by atoms with Gasteiger partial charge in [-0.15, -0.1) is 0 Å². The van der Waals surface area contributed by atoms with Crippen LogP contribution < -0.4 is 5.32 Å². The molecular weight excluding hydrogens is 282 g/mol. The van der Waals surface area contributed by atoms with Gasteiger partial charge in [0.1, 0.15) is 0 Å². The third-order valence-electron chi connectivity index (χ3n) is 2.27. The molecule has 0 bridgehead atoms. The highest BCUT2D eigenvalue weighted by molar-refractivity contribution is 9.10. The second-order valence-corrected chi connectivity index (χ2v) is 5.04. The molecule has 1 aromatic heterocycles. The van der Waals surface area contributed by atoms with Crippen LogP contribution in [-0.4, -0.2) is 16.2 Å². The number of nitrogens with one attached hydrogen (secondary N) is 1. The molecule has 0 aliphatic carbocycles. The van der Waals surface area contributed by atoms with E-state index in [2.05, 4.69) is 31.4 Å². The molecule has 0 amide bonds. The summed E-state index contributed by atoms with van der Waals surface area (Å²) in [4.78, 5) is 4.28. The van der Waals surface area contributed by atoms with Crippen molar-refractivity contribution in [3.63, 3.8) is 0 Å². The van der Waals surface area contributed by atoms with E-state index in [1.54, 1.807) is 0 Å². The van der Waals surface area contributed by atoms with Gasteiger partial charge in [-0.3, -0.25) is 0 Å². The molecule has 0 aliphatic heterocycles. The number of hydrogen-bond acceptors (Lipinski definition) is 4. The molecule has 0 aliphatic rings. The molecule has 1 aromatic carbocycles. The summed E-state index contributed by atoms with van der Waals surface area (Å²) in [6.07, 6.45) is 0. The van der Waals surface area contributed by atoms with Gasteiger partial charge in [0.25, 0.3) is 0 Å². The van der Waals surface area contributed by atoms with Gasteiger partial charge in [-0.2, -0.15) is 4.98 Å². The largest absolute Gasteiger partial charge is 0.336 e. The van der Waals surface area contributed by atoms with E-state index in [0.717, 1.165) is 10.0 Å². The molecule has 0 saturated heterocycles. The predicted octanol–water partition coefficient (Wildman–Crippen LogP) is 3.63. The normalized spacial score (nSPS) is 10.9. The van der Waals surface area contributed by atoms with Gasteiger partial charge < -0.3 is 9.84 Å². The Bertz CT molecular complexity index is 522. The number of rotatable bonds is 3. The molecule has 1 N–H and O–H groups in total. The van der Waals surface area contributed by atoms with Gasteiger partial charge in [0.05, 0.1) is 0 Å². The number of nitrogens with zero attached hydrogens (tertiary/aromatic N) is 2. The van der Waals surface area contributed by atoms with E-state index in [1.165, 1.54) is 5.56 Å². The van der Waals surface area contributed by atoms with Crippen molar-refractivity contribution >= 4 is 21.9 Å². The lowest BCUT2D eigenvalue weighted by atomic mass is 10.1. The average Bonchev–Trinajstić information content (AvgIpc) is 2.69. The summed E-state index contributed by atoms with van der Waals surface area (Å²) >= 11 is 3.49. The van der Waals surface area contributed by atoms with E-state index < -0.39 is 0 Å². The molecule has 0 unspecified atom stereocenters. The highest BCUT2D eigenvalue weighted by Gasteiger charge is 2.09. The molecule has 0 fully saturated rings. The fourth-order valence-electron chi connectivity index (χ4n) is 1.38. The summed E-state index contributed by atoms with van der Waals surface area (Å²) in [7, 11) is 0. The Hall–Kier alpha value is -1.36. The number of aromatic nitrogens is 2. The monoisotopic (exact) mass is 295 g/mol. The first-order chi connectivity index (χ1) is 8.06. The van der Waals surface area contributed by atoms with Crippen LogP contribution in [0.25, 0.3) is 11.4 Å². The standard InChI is InChI=1S/C12H14BrN3O/c1-7(2)14-12-15-11(16-17-12)9-5-4-8(3)10(13)6-9/h4-7H,1-3H3,(H,14,15,16). The lowest BCUT2D eigenvalue weighted by Gasteiger charge is -2.02. The maximum atomic E-state index is 5.11. The molecule has 0 atom stereocenters. The van der Waals surface area contributed by atoms with Crippen molar-refractivity contribution in [3.8, 4) is 11.4 Å². The fourth-order valence-corrected chi connectivity index (χ4v) is 1.76. The Kier molecular flexibility index (Phi) is 3.47. The number of benzene rings is 1. The Morgan fingerprint density at radius 2 is 2.12 bits per heavy atom. The van der Waals surface area contributed by atoms with Crippen molar-refractivity contribution < 1.29 is 4.52 Å². The number of halogens is 1. The molecule has 5 heteroatoms. The van der Waals surface area contributed by atoms with E-state index >= 15 is 0 Å². The summed E-state index contributed by atoms with van der Waals surface area (Å²) < 4.78 is 6.15. The third-order valence-corrected chi connectivity index (χ3v) is 3.12. The highest BCUT2D eigenvalue weighted by atomic mass is 79.9. The molecule has 0 saturated carbocycles. The Morgan fingerprint density at radius 3 is 2.76 bits per heavy atom. The SMILES string of the molecule is Cc1ccc(-c2noc(NC(C)C)n2)cc1Br. The van der Waals surface area contributed by atoms with E-state index in [0.29, 0.717) is 11.8 Å². The van der Waals surface area contributed by atoms with Crippen molar-refractivity contribution in [2.75, 3.05) is 5.32 Å². The Morgan fingerprint density at radius 1 is 1.35 bits per heavy atom. The first-order valence-electron chi connectivity index (χ1n) is 5.43. The van der Waals surface area contributed by atoms with Gasteiger partial charge in [0.2, 0.25) is 5.82 Å². The Labute approximate surface area is 109 Å². The first-order valence-corrected chi connectivity index (χ1v) is 6.22. The zero-order valence-corrected chi connectivity index (χ0v) is 11.6. The zero-order chi connectivity index (χ0) is 12.4. The number of anilines is 1. The molecule has 1 heterocycles. The van der Waals surface area contributed by atoms with Crippen LogP contribution in [0.2, 0.25) is 0 Å². The number of hydrogen-bond donors (Lipinski definition) is 1. The second kappa shape index (κ2) is 4.87. The van der Waals surface area contributed by atoms with Gasteiger partial charge in [-0.1, -0.05) is 33.2 Å². The van der Waals surface area contributed by atoms with Crippen molar-refractivity contribution in [2.24, 2.45) is 0 Å². The summed E-state index contributed by atoms with van der Waals surface area (Å²) in [5.41, 5.74) is 2.11. The minimum Gasteiger partial charge on any atom is -0.336 e. The zero-order valence-electron chi connectivity index (χ0n) is 9.99. The van der Waals surface area contributed by atoms with E-state index in [4.69, 9.17) is 4.52 Å². The number of aryl methyl sites for hydroxylation is 1. The van der Waals surface area contributed by atoms with Crippen LogP contribution >= 0.6 is 15.9 Å². The second-order valence-electron chi connectivity index (χ2n) is 4.19. The van der Waals surface area contributed by atoms with E-state index in [1.807, 2.05) is 39.0 Å². The molecule has 90 valence electrons. The first kappa shape index (κ1) is 12.1. The average molecular weight is 296 g/mol. The molecule has 0 radical (unpaired) electrons. The smallest absolute Gasteiger partial charge is 0.321 e. The van der Waals surface area contributed by atoms with Gasteiger partial charge >= 0.3 is 6.01 Å². The van der Waals surface area contributed by atoms with Crippen LogP contribution in [0, 0.1) is 6.92 Å². The Balaban J connectivity index is 2.27. The summed E-state index contributed by atoms with van der Waals surface area (Å²) in [6.45, 7) is 6.08. The lowest BCUT2D eigenvalue weighted by molar-refractivity contribution is 0.429. The molecular formula is C12H14BrN3O. The van der Waals surface area contributed by atoms with Crippen LogP contribution in [0.4, 0.5) is 6.01 Å². The minimum absolute atomic E-state index is 0.271. The molecule has 0 spiro atoms. The molecule has 17 heavy (non-hydrogen) atoms. The van der Waals surface area contributed by atoms with Gasteiger partial charge in [-0.25, -0.2) is 0 Å². The van der Waals surface area contributed by atoms with Crippen molar-refractivity contribution in [3.05, 3.63) is 28.2 Å². The van der Waals surface area contributed by atoms with Crippen LogP contribution in [0.15, 0.2) is 27.2 Å². The van der Waals surface area contributed by atoms with Crippen LogP contribution in [0.1, 0.15) is 19.4 Å². The summed E-state index contributed by atoms with van der Waals surface area (Å²) in [5.74, 6) is 0.592. The highest BCUT2D eigenvalue weighted by Crippen LogP contribution is 2.24. The van der Waals surface area contributed by atoms with Crippen LogP contribution in [0.3, 0.4) is 0 Å². The molecule has 4 nitrogen and oxygen atoms in total. The maximum absolute atomic E-state index is 5.11.